The van der Waals surface area contributed by atoms with Gasteiger partial charge < -0.3 is 5.11 Å². The maximum absolute atomic E-state index is 12.4. The quantitative estimate of drug-likeness (QED) is 0.783. The number of carbonyl (C=O) groups is 2. The lowest BCUT2D eigenvalue weighted by Gasteiger charge is -2.17. The Morgan fingerprint density at radius 2 is 2.00 bits per heavy atom. The monoisotopic (exact) mass is 353 g/mol. The van der Waals surface area contributed by atoms with Gasteiger partial charge in [-0.3, -0.25) is 9.59 Å². The van der Waals surface area contributed by atoms with Crippen LogP contribution in [0.5, 0.6) is 0 Å². The molecule has 132 valence electrons. The van der Waals surface area contributed by atoms with Gasteiger partial charge in [-0.1, -0.05) is 13.8 Å². The third kappa shape index (κ3) is 4.42. The van der Waals surface area contributed by atoms with E-state index in [1.807, 2.05) is 13.8 Å². The molecule has 0 heterocycles. The van der Waals surface area contributed by atoms with Crippen LogP contribution in [-0.2, 0) is 21.2 Å². The van der Waals surface area contributed by atoms with Gasteiger partial charge in [0.1, 0.15) is 0 Å². The van der Waals surface area contributed by atoms with Gasteiger partial charge in [0, 0.05) is 18.5 Å². The normalized spacial score (nSPS) is 16.0. The van der Waals surface area contributed by atoms with E-state index < -0.39 is 21.9 Å². The van der Waals surface area contributed by atoms with E-state index in [1.54, 1.807) is 6.07 Å². The number of Topliss-reactive ketones (excluding diaryl/α,β-unsaturated/α-hetero) is 1. The lowest BCUT2D eigenvalue weighted by molar-refractivity contribution is -0.142. The fourth-order valence-corrected chi connectivity index (χ4v) is 4.06. The summed E-state index contributed by atoms with van der Waals surface area (Å²) in [7, 11) is -3.80. The number of carboxylic acid groups (broad SMARTS) is 1. The van der Waals surface area contributed by atoms with Crippen molar-refractivity contribution in [3.05, 3.63) is 29.3 Å². The number of benzene rings is 1. The molecule has 2 rings (SSSR count). The van der Waals surface area contributed by atoms with E-state index in [0.29, 0.717) is 24.8 Å². The molecule has 0 saturated carbocycles. The van der Waals surface area contributed by atoms with E-state index in [1.165, 1.54) is 12.1 Å². The Hall–Kier alpha value is -1.73. The fourth-order valence-electron chi connectivity index (χ4n) is 2.92. The predicted octanol–water partition coefficient (Wildman–Crippen LogP) is 2.23. The van der Waals surface area contributed by atoms with Gasteiger partial charge >= 0.3 is 5.97 Å². The van der Waals surface area contributed by atoms with Crippen LogP contribution in [0.2, 0.25) is 0 Å². The molecule has 0 fully saturated rings. The van der Waals surface area contributed by atoms with Gasteiger partial charge in [0.25, 0.3) is 0 Å². The number of aliphatic carboxylic acids is 1. The van der Waals surface area contributed by atoms with E-state index in [-0.39, 0.29) is 23.1 Å². The van der Waals surface area contributed by atoms with Gasteiger partial charge in [0.05, 0.1) is 10.8 Å². The van der Waals surface area contributed by atoms with Gasteiger partial charge in [-0.15, -0.1) is 0 Å². The van der Waals surface area contributed by atoms with Crippen LogP contribution in [0.15, 0.2) is 23.1 Å². The molecular weight excluding hydrogens is 330 g/mol. The van der Waals surface area contributed by atoms with E-state index in [0.717, 1.165) is 12.0 Å². The van der Waals surface area contributed by atoms with Crippen LogP contribution in [0.1, 0.15) is 49.0 Å². The van der Waals surface area contributed by atoms with Crippen LogP contribution in [0.4, 0.5) is 0 Å². The predicted molar refractivity (Wildman–Crippen MR) is 89.5 cm³/mol. The molecule has 0 spiro atoms. The van der Waals surface area contributed by atoms with Crippen LogP contribution in [0.25, 0.3) is 0 Å². The Morgan fingerprint density at radius 3 is 2.62 bits per heavy atom. The number of nitrogens with one attached hydrogen (secondary N) is 1. The summed E-state index contributed by atoms with van der Waals surface area (Å²) in [5.74, 6) is -1.58. The zero-order valence-electron chi connectivity index (χ0n) is 13.9. The van der Waals surface area contributed by atoms with E-state index in [9.17, 15) is 23.1 Å². The highest BCUT2D eigenvalue weighted by Gasteiger charge is 2.24. The standard InChI is InChI=1S/C17H23NO5S/c1-11(2)8-13(17(20)21)10-18-24(22,23)14-6-7-15-12(9-14)4-3-5-16(15)19/h6-7,9,11,13,18H,3-5,8,10H2,1-2H3,(H,20,21). The summed E-state index contributed by atoms with van der Waals surface area (Å²) in [6.07, 6.45) is 2.29. The number of hydrogen-bond donors (Lipinski definition) is 2. The summed E-state index contributed by atoms with van der Waals surface area (Å²) in [6, 6.07) is 4.48. The highest BCUT2D eigenvalue weighted by molar-refractivity contribution is 7.89. The lowest BCUT2D eigenvalue weighted by Crippen LogP contribution is -2.33. The minimum atomic E-state index is -3.80. The van der Waals surface area contributed by atoms with Gasteiger partial charge in [-0.25, -0.2) is 13.1 Å². The van der Waals surface area contributed by atoms with Crippen LogP contribution >= 0.6 is 0 Å². The van der Waals surface area contributed by atoms with Crippen molar-refractivity contribution in [2.24, 2.45) is 11.8 Å². The molecule has 0 radical (unpaired) electrons. The molecule has 6 nitrogen and oxygen atoms in total. The van der Waals surface area contributed by atoms with Gasteiger partial charge in [0.2, 0.25) is 10.0 Å². The number of hydrogen-bond acceptors (Lipinski definition) is 4. The minimum Gasteiger partial charge on any atom is -0.481 e. The van der Waals surface area contributed by atoms with Crippen molar-refractivity contribution in [2.45, 2.75) is 44.4 Å². The summed E-state index contributed by atoms with van der Waals surface area (Å²) < 4.78 is 27.2. The topological polar surface area (TPSA) is 101 Å². The second-order valence-corrected chi connectivity index (χ2v) is 8.38. The number of sulfonamides is 1. The molecule has 2 N–H and O–H groups in total. The SMILES string of the molecule is CC(C)CC(CNS(=O)(=O)c1ccc2c(c1)CCCC2=O)C(=O)O. The third-order valence-electron chi connectivity index (χ3n) is 4.16. The van der Waals surface area contributed by atoms with E-state index in [2.05, 4.69) is 4.72 Å². The average molecular weight is 353 g/mol. The first-order valence-corrected chi connectivity index (χ1v) is 9.57. The van der Waals surface area contributed by atoms with Crippen LogP contribution in [0.3, 0.4) is 0 Å². The number of rotatable bonds is 7. The molecule has 0 aromatic heterocycles. The first-order chi connectivity index (χ1) is 11.2. The number of ketones is 1. The molecule has 0 aliphatic heterocycles. The zero-order valence-corrected chi connectivity index (χ0v) is 14.7. The zero-order chi connectivity index (χ0) is 17.9. The Morgan fingerprint density at radius 1 is 1.29 bits per heavy atom. The molecule has 7 heteroatoms. The van der Waals surface area contributed by atoms with Crippen molar-refractivity contribution in [1.29, 1.82) is 0 Å². The van der Waals surface area contributed by atoms with Crippen LogP contribution in [-0.4, -0.2) is 31.8 Å². The minimum absolute atomic E-state index is 0.0380. The maximum Gasteiger partial charge on any atom is 0.307 e. The van der Waals surface area contributed by atoms with Crippen LogP contribution < -0.4 is 4.72 Å². The summed E-state index contributed by atoms with van der Waals surface area (Å²) in [4.78, 5) is 23.1. The largest absolute Gasteiger partial charge is 0.481 e. The summed E-state index contributed by atoms with van der Waals surface area (Å²) in [5.41, 5.74) is 1.33. The van der Waals surface area contributed by atoms with Gasteiger partial charge in [0.15, 0.2) is 5.78 Å². The molecular formula is C17H23NO5S. The van der Waals surface area contributed by atoms with Crippen molar-refractivity contribution in [2.75, 3.05) is 6.54 Å². The second kappa shape index (κ2) is 7.44. The first-order valence-electron chi connectivity index (χ1n) is 8.09. The number of carboxylic acids is 1. The fraction of sp³-hybridized carbons (Fsp3) is 0.529. The second-order valence-electron chi connectivity index (χ2n) is 6.61. The average Bonchev–Trinajstić information content (AvgIpc) is 2.50. The number of fused-ring (bicyclic) bond motifs is 1. The Bertz CT molecular complexity index is 739. The Labute approximate surface area is 142 Å². The van der Waals surface area contributed by atoms with Crippen molar-refractivity contribution in [3.8, 4) is 0 Å². The Kier molecular flexibility index (Phi) is 5.77. The molecule has 1 aromatic carbocycles. The van der Waals surface area contributed by atoms with Crippen molar-refractivity contribution >= 4 is 21.8 Å². The summed E-state index contributed by atoms with van der Waals surface area (Å²) in [5, 5.41) is 9.20. The molecule has 1 atom stereocenters. The third-order valence-corrected chi connectivity index (χ3v) is 5.58. The lowest BCUT2D eigenvalue weighted by atomic mass is 9.91. The molecule has 1 aliphatic rings. The molecule has 1 aliphatic carbocycles. The van der Waals surface area contributed by atoms with Gasteiger partial charge in [-0.2, -0.15) is 0 Å². The van der Waals surface area contributed by atoms with Crippen LogP contribution in [0, 0.1) is 11.8 Å². The van der Waals surface area contributed by atoms with Crippen molar-refractivity contribution in [3.63, 3.8) is 0 Å². The molecule has 1 aromatic rings. The molecule has 24 heavy (non-hydrogen) atoms. The van der Waals surface area contributed by atoms with E-state index >= 15 is 0 Å². The van der Waals surface area contributed by atoms with Crippen molar-refractivity contribution in [1.82, 2.24) is 4.72 Å². The Balaban J connectivity index is 2.15. The van der Waals surface area contributed by atoms with Gasteiger partial charge in [-0.05, 0) is 48.9 Å². The molecule has 0 amide bonds. The maximum atomic E-state index is 12.4. The number of carbonyl (C=O) groups excluding carboxylic acids is 1. The summed E-state index contributed by atoms with van der Waals surface area (Å²) in [6.45, 7) is 3.64. The highest BCUT2D eigenvalue weighted by Crippen LogP contribution is 2.24. The van der Waals surface area contributed by atoms with Crippen molar-refractivity contribution < 1.29 is 23.1 Å². The molecule has 0 saturated heterocycles. The summed E-state index contributed by atoms with van der Waals surface area (Å²) >= 11 is 0. The highest BCUT2D eigenvalue weighted by atomic mass is 32.2. The number of aryl methyl sites for hydroxylation is 1. The smallest absolute Gasteiger partial charge is 0.307 e. The molecule has 1 unspecified atom stereocenters. The van der Waals surface area contributed by atoms with E-state index in [4.69, 9.17) is 0 Å². The molecule has 0 bridgehead atoms. The first kappa shape index (κ1) is 18.6.